The summed E-state index contributed by atoms with van der Waals surface area (Å²) >= 11 is 0. The molecule has 2 aromatic carbocycles. The van der Waals surface area contributed by atoms with Crippen LogP contribution in [0.2, 0.25) is 0 Å². The van der Waals surface area contributed by atoms with Crippen LogP contribution in [0.15, 0.2) is 60.7 Å². The molecule has 0 bridgehead atoms. The number of benzene rings is 2. The van der Waals surface area contributed by atoms with Crippen molar-refractivity contribution in [1.82, 2.24) is 9.97 Å². The molecule has 0 saturated carbocycles. The molecule has 0 aliphatic rings. The third kappa shape index (κ3) is 3.48. The molecule has 0 radical (unpaired) electrons. The first kappa shape index (κ1) is 15.0. The van der Waals surface area contributed by atoms with Crippen molar-refractivity contribution in [3.63, 3.8) is 0 Å². The second kappa shape index (κ2) is 6.48. The Morgan fingerprint density at radius 2 is 1.57 bits per heavy atom. The van der Waals surface area contributed by atoms with E-state index in [1.54, 1.807) is 0 Å². The van der Waals surface area contributed by atoms with E-state index in [1.165, 1.54) is 5.56 Å². The van der Waals surface area contributed by atoms with Crippen LogP contribution in [0.1, 0.15) is 11.3 Å². The largest absolute Gasteiger partial charge is 0.340 e. The maximum Gasteiger partial charge on any atom is 0.231 e. The minimum Gasteiger partial charge on any atom is -0.340 e. The highest BCUT2D eigenvalue weighted by Crippen LogP contribution is 2.24. The third-order valence-corrected chi connectivity index (χ3v) is 3.69. The SMILES string of the molecule is Cc1cc(Nc2ccccc2C)nc(N(C)c2ccccc2)n1. The zero-order valence-corrected chi connectivity index (χ0v) is 13.6. The summed E-state index contributed by atoms with van der Waals surface area (Å²) in [6, 6.07) is 20.2. The van der Waals surface area contributed by atoms with Gasteiger partial charge in [-0.3, -0.25) is 0 Å². The van der Waals surface area contributed by atoms with E-state index in [0.717, 1.165) is 22.9 Å². The Hall–Kier alpha value is -2.88. The fourth-order valence-electron chi connectivity index (χ4n) is 2.39. The van der Waals surface area contributed by atoms with E-state index in [9.17, 15) is 0 Å². The van der Waals surface area contributed by atoms with Crippen LogP contribution in [0, 0.1) is 13.8 Å². The smallest absolute Gasteiger partial charge is 0.231 e. The fourth-order valence-corrected chi connectivity index (χ4v) is 2.39. The number of aryl methyl sites for hydroxylation is 2. The first-order valence-electron chi connectivity index (χ1n) is 7.60. The number of nitrogens with zero attached hydrogens (tertiary/aromatic N) is 3. The Morgan fingerprint density at radius 3 is 2.30 bits per heavy atom. The highest BCUT2D eigenvalue weighted by molar-refractivity contribution is 5.63. The van der Waals surface area contributed by atoms with Crippen LogP contribution in [-0.4, -0.2) is 17.0 Å². The Morgan fingerprint density at radius 1 is 0.870 bits per heavy atom. The van der Waals surface area contributed by atoms with Crippen molar-refractivity contribution in [3.05, 3.63) is 71.9 Å². The number of nitrogens with one attached hydrogen (secondary N) is 1. The van der Waals surface area contributed by atoms with Crippen LogP contribution >= 0.6 is 0 Å². The van der Waals surface area contributed by atoms with Gasteiger partial charge in [-0.25, -0.2) is 4.98 Å². The van der Waals surface area contributed by atoms with Crippen molar-refractivity contribution >= 4 is 23.1 Å². The Labute approximate surface area is 136 Å². The van der Waals surface area contributed by atoms with Gasteiger partial charge in [-0.1, -0.05) is 36.4 Å². The highest BCUT2D eigenvalue weighted by Gasteiger charge is 2.09. The Bertz CT molecular complexity index is 799. The zero-order chi connectivity index (χ0) is 16.2. The summed E-state index contributed by atoms with van der Waals surface area (Å²) in [7, 11) is 1.97. The summed E-state index contributed by atoms with van der Waals surface area (Å²) < 4.78 is 0. The van der Waals surface area contributed by atoms with Gasteiger partial charge in [0, 0.05) is 30.2 Å². The zero-order valence-electron chi connectivity index (χ0n) is 13.6. The molecule has 0 aliphatic carbocycles. The van der Waals surface area contributed by atoms with Gasteiger partial charge in [0.2, 0.25) is 5.95 Å². The van der Waals surface area contributed by atoms with Crippen molar-refractivity contribution in [2.75, 3.05) is 17.3 Å². The molecule has 0 fully saturated rings. The molecule has 0 spiro atoms. The van der Waals surface area contributed by atoms with Crippen molar-refractivity contribution in [2.45, 2.75) is 13.8 Å². The van der Waals surface area contributed by atoms with E-state index < -0.39 is 0 Å². The molecule has 23 heavy (non-hydrogen) atoms. The minimum atomic E-state index is 0.673. The molecule has 3 aromatic rings. The third-order valence-electron chi connectivity index (χ3n) is 3.69. The van der Waals surface area contributed by atoms with Gasteiger partial charge in [0.15, 0.2) is 0 Å². The van der Waals surface area contributed by atoms with E-state index in [0.29, 0.717) is 5.95 Å². The topological polar surface area (TPSA) is 41.1 Å². The van der Waals surface area contributed by atoms with Gasteiger partial charge < -0.3 is 10.2 Å². The van der Waals surface area contributed by atoms with Gasteiger partial charge in [0.05, 0.1) is 0 Å². The van der Waals surface area contributed by atoms with E-state index >= 15 is 0 Å². The lowest BCUT2D eigenvalue weighted by atomic mass is 10.2. The summed E-state index contributed by atoms with van der Waals surface area (Å²) in [4.78, 5) is 11.2. The molecule has 116 valence electrons. The van der Waals surface area contributed by atoms with Gasteiger partial charge in [-0.2, -0.15) is 4.98 Å². The maximum atomic E-state index is 4.65. The monoisotopic (exact) mass is 304 g/mol. The summed E-state index contributed by atoms with van der Waals surface area (Å²) in [5.74, 6) is 1.47. The van der Waals surface area contributed by atoms with Crippen LogP contribution in [0.4, 0.5) is 23.1 Å². The maximum absolute atomic E-state index is 4.65. The highest BCUT2D eigenvalue weighted by atomic mass is 15.3. The molecule has 1 heterocycles. The van der Waals surface area contributed by atoms with Crippen LogP contribution in [-0.2, 0) is 0 Å². The van der Waals surface area contributed by atoms with E-state index in [-0.39, 0.29) is 0 Å². The second-order valence-corrected chi connectivity index (χ2v) is 5.53. The normalized spacial score (nSPS) is 10.4. The first-order chi connectivity index (χ1) is 11.1. The van der Waals surface area contributed by atoms with Gasteiger partial charge in [-0.15, -0.1) is 0 Å². The average molecular weight is 304 g/mol. The van der Waals surface area contributed by atoms with E-state index in [2.05, 4.69) is 28.3 Å². The number of hydrogen-bond acceptors (Lipinski definition) is 4. The number of rotatable bonds is 4. The number of para-hydroxylation sites is 2. The molecule has 0 unspecified atom stereocenters. The van der Waals surface area contributed by atoms with Crippen LogP contribution in [0.25, 0.3) is 0 Å². The van der Waals surface area contributed by atoms with Crippen molar-refractivity contribution in [3.8, 4) is 0 Å². The molecular formula is C19H20N4. The van der Waals surface area contributed by atoms with Crippen LogP contribution in [0.3, 0.4) is 0 Å². The lowest BCUT2D eigenvalue weighted by molar-refractivity contribution is 1.02. The first-order valence-corrected chi connectivity index (χ1v) is 7.60. The van der Waals surface area contributed by atoms with Crippen molar-refractivity contribution in [2.24, 2.45) is 0 Å². The molecule has 4 nitrogen and oxygen atoms in total. The summed E-state index contributed by atoms with van der Waals surface area (Å²) in [6.45, 7) is 4.06. The molecule has 3 rings (SSSR count). The minimum absolute atomic E-state index is 0.673. The van der Waals surface area contributed by atoms with Crippen molar-refractivity contribution in [1.29, 1.82) is 0 Å². The van der Waals surface area contributed by atoms with Gasteiger partial charge in [-0.05, 0) is 37.6 Å². The van der Waals surface area contributed by atoms with Crippen LogP contribution < -0.4 is 10.2 Å². The average Bonchev–Trinajstić information content (AvgIpc) is 2.56. The molecule has 0 aliphatic heterocycles. The lowest BCUT2D eigenvalue weighted by Crippen LogP contribution is -2.14. The molecular weight excluding hydrogens is 284 g/mol. The molecule has 1 N–H and O–H groups in total. The predicted molar refractivity (Wildman–Crippen MR) is 95.7 cm³/mol. The Balaban J connectivity index is 1.92. The fraction of sp³-hybridized carbons (Fsp3) is 0.158. The van der Waals surface area contributed by atoms with Crippen LogP contribution in [0.5, 0.6) is 0 Å². The quantitative estimate of drug-likeness (QED) is 0.764. The van der Waals surface area contributed by atoms with Crippen molar-refractivity contribution < 1.29 is 0 Å². The second-order valence-electron chi connectivity index (χ2n) is 5.53. The predicted octanol–water partition coefficient (Wildman–Crippen LogP) is 4.60. The van der Waals surface area contributed by atoms with Gasteiger partial charge >= 0.3 is 0 Å². The molecule has 0 saturated heterocycles. The molecule has 4 heteroatoms. The summed E-state index contributed by atoms with van der Waals surface area (Å²) in [5, 5.41) is 3.38. The van der Waals surface area contributed by atoms with Gasteiger partial charge in [0.1, 0.15) is 5.82 Å². The Kier molecular flexibility index (Phi) is 4.24. The van der Waals surface area contributed by atoms with Gasteiger partial charge in [0.25, 0.3) is 0 Å². The number of hydrogen-bond donors (Lipinski definition) is 1. The van der Waals surface area contributed by atoms with E-state index in [1.807, 2.05) is 73.5 Å². The molecule has 0 atom stereocenters. The standard InChI is InChI=1S/C19H20N4/c1-14-9-7-8-12-17(14)21-18-13-15(2)20-19(22-18)23(3)16-10-5-4-6-11-16/h4-13H,1-3H3,(H,20,21,22). The molecule has 1 aromatic heterocycles. The summed E-state index contributed by atoms with van der Waals surface area (Å²) in [6.07, 6.45) is 0. The van der Waals surface area contributed by atoms with E-state index in [4.69, 9.17) is 0 Å². The number of aromatic nitrogens is 2. The number of anilines is 4. The lowest BCUT2D eigenvalue weighted by Gasteiger charge is -2.19. The summed E-state index contributed by atoms with van der Waals surface area (Å²) in [5.41, 5.74) is 4.22. The molecule has 0 amide bonds.